The fraction of sp³-hybridized carbons (Fsp3) is 0.353. The van der Waals surface area contributed by atoms with Crippen molar-refractivity contribution < 1.29 is 14.3 Å². The molecule has 2 aromatic rings. The second-order valence-corrected chi connectivity index (χ2v) is 5.63. The maximum atomic E-state index is 12.5. The number of esters is 1. The minimum Gasteiger partial charge on any atom is -0.467 e. The molecule has 0 unspecified atom stereocenters. The van der Waals surface area contributed by atoms with E-state index in [9.17, 15) is 9.59 Å². The van der Waals surface area contributed by atoms with E-state index in [0.717, 1.165) is 16.8 Å². The Kier molecular flexibility index (Phi) is 5.16. The molecule has 0 aliphatic carbocycles. The van der Waals surface area contributed by atoms with Gasteiger partial charge in [-0.3, -0.25) is 4.79 Å². The van der Waals surface area contributed by atoms with E-state index in [-0.39, 0.29) is 5.91 Å². The molecule has 1 N–H and O–H groups in total. The van der Waals surface area contributed by atoms with Crippen molar-refractivity contribution in [1.82, 2.24) is 14.9 Å². The molecule has 1 aromatic carbocycles. The summed E-state index contributed by atoms with van der Waals surface area (Å²) in [6, 6.07) is 4.81. The summed E-state index contributed by atoms with van der Waals surface area (Å²) >= 11 is 0. The monoisotopic (exact) mass is 315 g/mol. The molecule has 0 radical (unpaired) electrons. The number of ether oxygens (including phenoxy) is 1. The fourth-order valence-corrected chi connectivity index (χ4v) is 2.47. The van der Waals surface area contributed by atoms with Gasteiger partial charge in [-0.15, -0.1) is 0 Å². The summed E-state index contributed by atoms with van der Waals surface area (Å²) < 4.78 is 6.61. The largest absolute Gasteiger partial charge is 0.467 e. The summed E-state index contributed by atoms with van der Waals surface area (Å²) in [4.78, 5) is 28.5. The maximum absolute atomic E-state index is 12.5. The Hall–Kier alpha value is -2.63. The molecule has 122 valence electrons. The number of nitrogens with one attached hydrogen (secondary N) is 1. The third-order valence-corrected chi connectivity index (χ3v) is 3.60. The zero-order chi connectivity index (χ0) is 17.0. The Labute approximate surface area is 135 Å². The van der Waals surface area contributed by atoms with Gasteiger partial charge >= 0.3 is 5.97 Å². The third kappa shape index (κ3) is 4.18. The molecule has 1 atom stereocenters. The molecule has 0 bridgehead atoms. The number of hydrogen-bond acceptors (Lipinski definition) is 4. The molecule has 0 aliphatic rings. The van der Waals surface area contributed by atoms with Crippen LogP contribution >= 0.6 is 0 Å². The average Bonchev–Trinajstić information content (AvgIpc) is 2.90. The molecule has 0 aliphatic heterocycles. The van der Waals surface area contributed by atoms with Crippen LogP contribution in [-0.4, -0.2) is 34.6 Å². The van der Waals surface area contributed by atoms with Crippen molar-refractivity contribution in [2.75, 3.05) is 7.11 Å². The van der Waals surface area contributed by atoms with Crippen LogP contribution in [0.4, 0.5) is 0 Å². The van der Waals surface area contributed by atoms with Gasteiger partial charge in [-0.25, -0.2) is 9.78 Å². The second kappa shape index (κ2) is 7.09. The van der Waals surface area contributed by atoms with Gasteiger partial charge in [-0.05, 0) is 26.0 Å². The number of carbonyl (C=O) groups is 2. The first kappa shape index (κ1) is 16.7. The van der Waals surface area contributed by atoms with Crippen LogP contribution in [0.15, 0.2) is 30.7 Å². The molecule has 1 aromatic heterocycles. The highest BCUT2D eigenvalue weighted by molar-refractivity contribution is 5.97. The Morgan fingerprint density at radius 3 is 2.43 bits per heavy atom. The van der Waals surface area contributed by atoms with Crippen molar-refractivity contribution in [3.05, 3.63) is 53.1 Å². The number of imidazole rings is 1. The first-order valence-corrected chi connectivity index (χ1v) is 7.33. The minimum atomic E-state index is -0.760. The quantitative estimate of drug-likeness (QED) is 0.850. The number of carbonyl (C=O) groups excluding carboxylic acids is 2. The summed E-state index contributed by atoms with van der Waals surface area (Å²) in [5.74, 6) is -0.779. The highest BCUT2D eigenvalue weighted by Crippen LogP contribution is 2.10. The van der Waals surface area contributed by atoms with E-state index >= 15 is 0 Å². The molecular formula is C17H21N3O3. The van der Waals surface area contributed by atoms with Crippen molar-refractivity contribution in [3.8, 4) is 0 Å². The van der Waals surface area contributed by atoms with E-state index in [0.29, 0.717) is 12.0 Å². The predicted octanol–water partition coefficient (Wildman–Crippen LogP) is 1.55. The van der Waals surface area contributed by atoms with Crippen molar-refractivity contribution in [2.45, 2.75) is 26.3 Å². The van der Waals surface area contributed by atoms with E-state index in [4.69, 9.17) is 4.74 Å². The molecule has 0 fully saturated rings. The van der Waals surface area contributed by atoms with Crippen LogP contribution in [0.25, 0.3) is 0 Å². The molecule has 1 heterocycles. The Bertz CT molecular complexity index is 701. The van der Waals surface area contributed by atoms with E-state index in [1.807, 2.05) is 27.0 Å². The highest BCUT2D eigenvalue weighted by atomic mass is 16.5. The zero-order valence-electron chi connectivity index (χ0n) is 13.8. The van der Waals surface area contributed by atoms with Crippen molar-refractivity contribution in [3.63, 3.8) is 0 Å². The number of methoxy groups -OCH3 is 1. The number of amides is 1. The number of aryl methyl sites for hydroxylation is 3. The van der Waals surface area contributed by atoms with E-state index < -0.39 is 12.0 Å². The smallest absolute Gasteiger partial charge is 0.328 e. The molecule has 6 heteroatoms. The summed E-state index contributed by atoms with van der Waals surface area (Å²) in [5, 5.41) is 2.75. The van der Waals surface area contributed by atoms with Crippen LogP contribution < -0.4 is 5.32 Å². The lowest BCUT2D eigenvalue weighted by Gasteiger charge is -2.17. The number of hydrogen-bond donors (Lipinski definition) is 1. The number of aromatic nitrogens is 2. The molecule has 2 rings (SSSR count). The topological polar surface area (TPSA) is 73.2 Å². The lowest BCUT2D eigenvalue weighted by atomic mass is 10.1. The average molecular weight is 315 g/mol. The van der Waals surface area contributed by atoms with Gasteiger partial charge in [0.2, 0.25) is 0 Å². The lowest BCUT2D eigenvalue weighted by Crippen LogP contribution is -2.43. The molecule has 23 heavy (non-hydrogen) atoms. The van der Waals surface area contributed by atoms with Gasteiger partial charge in [0.15, 0.2) is 0 Å². The normalized spacial score (nSPS) is 11.8. The maximum Gasteiger partial charge on any atom is 0.328 e. The van der Waals surface area contributed by atoms with Crippen LogP contribution in [-0.2, 0) is 23.0 Å². The van der Waals surface area contributed by atoms with Crippen molar-refractivity contribution >= 4 is 11.9 Å². The zero-order valence-corrected chi connectivity index (χ0v) is 13.8. The fourth-order valence-electron chi connectivity index (χ4n) is 2.47. The molecular weight excluding hydrogens is 294 g/mol. The summed E-state index contributed by atoms with van der Waals surface area (Å²) in [6.45, 7) is 3.86. The predicted molar refractivity (Wildman–Crippen MR) is 86.1 cm³/mol. The number of benzene rings is 1. The van der Waals surface area contributed by atoms with Crippen LogP contribution in [0.1, 0.15) is 27.2 Å². The highest BCUT2D eigenvalue weighted by Gasteiger charge is 2.23. The summed E-state index contributed by atoms with van der Waals surface area (Å²) in [5.41, 5.74) is 3.36. The van der Waals surface area contributed by atoms with Gasteiger partial charge in [-0.2, -0.15) is 0 Å². The third-order valence-electron chi connectivity index (χ3n) is 3.60. The van der Waals surface area contributed by atoms with E-state index in [1.165, 1.54) is 7.11 Å². The Balaban J connectivity index is 2.18. The Morgan fingerprint density at radius 2 is 1.91 bits per heavy atom. The van der Waals surface area contributed by atoms with Crippen molar-refractivity contribution in [1.29, 1.82) is 0 Å². The minimum absolute atomic E-state index is 0.297. The van der Waals surface area contributed by atoms with Crippen LogP contribution in [0.2, 0.25) is 0 Å². The number of rotatable bonds is 5. The summed E-state index contributed by atoms with van der Waals surface area (Å²) in [7, 11) is 3.14. The van der Waals surface area contributed by atoms with Crippen LogP contribution in [0.5, 0.6) is 0 Å². The summed E-state index contributed by atoms with van der Waals surface area (Å²) in [6.07, 6.45) is 3.63. The molecule has 1 amide bonds. The molecule has 0 spiro atoms. The second-order valence-electron chi connectivity index (χ2n) is 5.63. The van der Waals surface area contributed by atoms with E-state index in [1.54, 1.807) is 29.2 Å². The van der Waals surface area contributed by atoms with E-state index in [2.05, 4.69) is 10.3 Å². The van der Waals surface area contributed by atoms with Crippen LogP contribution in [0.3, 0.4) is 0 Å². The van der Waals surface area contributed by atoms with Gasteiger partial charge in [0, 0.05) is 30.9 Å². The SMILES string of the molecule is COC(=O)[C@H](Cc1cncn1C)NC(=O)c1cc(C)cc(C)c1. The molecule has 6 nitrogen and oxygen atoms in total. The Morgan fingerprint density at radius 1 is 1.26 bits per heavy atom. The van der Waals surface area contributed by atoms with Gasteiger partial charge in [0.25, 0.3) is 5.91 Å². The van der Waals surface area contributed by atoms with Gasteiger partial charge in [0.05, 0.1) is 13.4 Å². The lowest BCUT2D eigenvalue weighted by molar-refractivity contribution is -0.142. The van der Waals surface area contributed by atoms with Crippen LogP contribution in [0, 0.1) is 13.8 Å². The van der Waals surface area contributed by atoms with Crippen molar-refractivity contribution in [2.24, 2.45) is 7.05 Å². The first-order valence-electron chi connectivity index (χ1n) is 7.33. The first-order chi connectivity index (χ1) is 10.9. The van der Waals surface area contributed by atoms with Gasteiger partial charge in [-0.1, -0.05) is 17.2 Å². The standard InChI is InChI=1S/C17H21N3O3/c1-11-5-12(2)7-13(6-11)16(21)19-15(17(22)23-4)8-14-9-18-10-20(14)3/h5-7,9-10,15H,8H2,1-4H3,(H,19,21)/t15-/m0/s1. The molecule has 0 saturated carbocycles. The van der Waals surface area contributed by atoms with Gasteiger partial charge < -0.3 is 14.6 Å². The number of nitrogens with zero attached hydrogens (tertiary/aromatic N) is 2. The van der Waals surface area contributed by atoms with Gasteiger partial charge in [0.1, 0.15) is 6.04 Å². The molecule has 0 saturated heterocycles.